The molecule has 0 aliphatic heterocycles. The summed E-state index contributed by atoms with van der Waals surface area (Å²) in [4.78, 5) is 4.29. The Morgan fingerprint density at radius 1 is 1.41 bits per heavy atom. The van der Waals surface area contributed by atoms with Gasteiger partial charge in [0, 0.05) is 19.8 Å². The van der Waals surface area contributed by atoms with Crippen molar-refractivity contribution in [2.24, 2.45) is 12.8 Å². The number of nitrogens with zero attached hydrogens (tertiary/aromatic N) is 4. The number of halogens is 1. The maximum atomic E-state index is 5.70. The molecular formula is C11H16BrN5. The molecule has 0 aliphatic carbocycles. The van der Waals surface area contributed by atoms with Crippen molar-refractivity contribution in [1.29, 1.82) is 0 Å². The van der Waals surface area contributed by atoms with Gasteiger partial charge in [-0.1, -0.05) is 0 Å². The van der Waals surface area contributed by atoms with Gasteiger partial charge in [-0.15, -0.1) is 0 Å². The summed E-state index contributed by atoms with van der Waals surface area (Å²) in [7, 11) is 1.95. The van der Waals surface area contributed by atoms with Crippen LogP contribution >= 0.6 is 15.9 Å². The molecule has 0 radical (unpaired) electrons. The monoisotopic (exact) mass is 297 g/mol. The van der Waals surface area contributed by atoms with Gasteiger partial charge in [-0.3, -0.25) is 4.68 Å². The fraction of sp³-hybridized carbons (Fsp3) is 0.455. The molecule has 2 aromatic heterocycles. The molecule has 0 unspecified atom stereocenters. The first-order valence-electron chi connectivity index (χ1n) is 5.43. The van der Waals surface area contributed by atoms with Crippen LogP contribution in [0.3, 0.4) is 0 Å². The molecular weight excluding hydrogens is 282 g/mol. The fourth-order valence-corrected chi connectivity index (χ4v) is 2.36. The van der Waals surface area contributed by atoms with Crippen LogP contribution in [0.4, 0.5) is 0 Å². The van der Waals surface area contributed by atoms with E-state index in [4.69, 9.17) is 5.73 Å². The summed E-state index contributed by atoms with van der Waals surface area (Å²) in [6.07, 6.45) is 1.83. The highest BCUT2D eigenvalue weighted by molar-refractivity contribution is 9.10. The molecule has 0 aromatic carbocycles. The lowest BCUT2D eigenvalue weighted by atomic mass is 10.3. The van der Waals surface area contributed by atoms with E-state index in [2.05, 4.69) is 30.6 Å². The first-order valence-corrected chi connectivity index (χ1v) is 6.23. The van der Waals surface area contributed by atoms with Crippen LogP contribution < -0.4 is 5.73 Å². The fourth-order valence-electron chi connectivity index (χ4n) is 1.90. The van der Waals surface area contributed by atoms with Gasteiger partial charge in [0.25, 0.3) is 0 Å². The van der Waals surface area contributed by atoms with Crippen molar-refractivity contribution >= 4 is 15.9 Å². The molecule has 0 bridgehead atoms. The average Bonchev–Trinajstić information content (AvgIpc) is 2.75. The summed E-state index contributed by atoms with van der Waals surface area (Å²) >= 11 is 3.57. The molecule has 0 fully saturated rings. The zero-order valence-corrected chi connectivity index (χ0v) is 11.8. The highest BCUT2D eigenvalue weighted by Gasteiger charge is 2.13. The first-order chi connectivity index (χ1) is 8.04. The number of imidazole rings is 1. The van der Waals surface area contributed by atoms with E-state index in [1.54, 1.807) is 0 Å². The number of hydrogen-bond donors (Lipinski definition) is 1. The maximum absolute atomic E-state index is 5.70. The van der Waals surface area contributed by atoms with Crippen molar-refractivity contribution in [3.05, 3.63) is 33.6 Å². The van der Waals surface area contributed by atoms with Gasteiger partial charge >= 0.3 is 0 Å². The number of nitrogens with two attached hydrogens (primary N) is 1. The molecule has 2 aromatic rings. The number of aryl methyl sites for hydroxylation is 3. The Morgan fingerprint density at radius 3 is 2.65 bits per heavy atom. The number of rotatable bonds is 3. The van der Waals surface area contributed by atoms with Gasteiger partial charge in [-0.2, -0.15) is 5.10 Å². The lowest BCUT2D eigenvalue weighted by molar-refractivity contribution is 0.634. The molecule has 0 saturated carbocycles. The Bertz CT molecular complexity index is 540. The summed E-state index contributed by atoms with van der Waals surface area (Å²) in [5, 5.41) is 4.38. The summed E-state index contributed by atoms with van der Waals surface area (Å²) in [5.41, 5.74) is 8.86. The van der Waals surface area contributed by atoms with Crippen molar-refractivity contribution < 1.29 is 0 Å². The molecule has 2 N–H and O–H groups in total. The molecule has 0 amide bonds. The smallest absolute Gasteiger partial charge is 0.106 e. The summed E-state index contributed by atoms with van der Waals surface area (Å²) in [6.45, 7) is 5.19. The van der Waals surface area contributed by atoms with Gasteiger partial charge in [0.05, 0.1) is 28.1 Å². The minimum atomic E-state index is 0.495. The zero-order chi connectivity index (χ0) is 12.6. The Labute approximate surface area is 109 Å². The molecule has 92 valence electrons. The molecule has 6 heteroatoms. The van der Waals surface area contributed by atoms with Crippen LogP contribution in [0.5, 0.6) is 0 Å². The van der Waals surface area contributed by atoms with Gasteiger partial charge < -0.3 is 10.3 Å². The lowest BCUT2D eigenvalue weighted by Crippen LogP contribution is -2.12. The normalized spacial score (nSPS) is 11.1. The largest absolute Gasteiger partial charge is 0.325 e. The van der Waals surface area contributed by atoms with Crippen molar-refractivity contribution in [3.63, 3.8) is 0 Å². The number of hydrogen-bond acceptors (Lipinski definition) is 3. The Hall–Kier alpha value is -1.14. The Morgan fingerprint density at radius 2 is 2.12 bits per heavy atom. The van der Waals surface area contributed by atoms with Crippen molar-refractivity contribution in [2.45, 2.75) is 26.9 Å². The first kappa shape index (κ1) is 12.3. The molecule has 2 heterocycles. The van der Waals surface area contributed by atoms with E-state index in [9.17, 15) is 0 Å². The maximum Gasteiger partial charge on any atom is 0.106 e. The van der Waals surface area contributed by atoms with Crippen LogP contribution in [-0.2, 0) is 20.1 Å². The third kappa shape index (κ3) is 2.14. The Balaban J connectivity index is 2.40. The second-order valence-corrected chi connectivity index (χ2v) is 4.85. The second-order valence-electron chi connectivity index (χ2n) is 4.06. The van der Waals surface area contributed by atoms with Crippen LogP contribution in [0, 0.1) is 13.8 Å². The van der Waals surface area contributed by atoms with Crippen LogP contribution in [-0.4, -0.2) is 19.3 Å². The van der Waals surface area contributed by atoms with E-state index in [0.717, 1.165) is 33.9 Å². The molecule has 0 saturated heterocycles. The lowest BCUT2D eigenvalue weighted by Gasteiger charge is -2.10. The van der Waals surface area contributed by atoms with Gasteiger partial charge in [0.2, 0.25) is 0 Å². The van der Waals surface area contributed by atoms with E-state index < -0.39 is 0 Å². The van der Waals surface area contributed by atoms with E-state index in [-0.39, 0.29) is 0 Å². The third-order valence-electron chi connectivity index (χ3n) is 2.92. The summed E-state index contributed by atoms with van der Waals surface area (Å²) in [6, 6.07) is 0. The van der Waals surface area contributed by atoms with E-state index in [1.807, 2.05) is 31.8 Å². The third-order valence-corrected chi connectivity index (χ3v) is 3.95. The predicted octanol–water partition coefficient (Wildman–Crippen LogP) is 1.50. The Kier molecular flexibility index (Phi) is 3.35. The van der Waals surface area contributed by atoms with Crippen LogP contribution in [0.25, 0.3) is 0 Å². The molecule has 17 heavy (non-hydrogen) atoms. The minimum absolute atomic E-state index is 0.495. The molecule has 0 atom stereocenters. The van der Waals surface area contributed by atoms with Crippen molar-refractivity contribution in [2.75, 3.05) is 0 Å². The topological polar surface area (TPSA) is 61.7 Å². The molecule has 2 rings (SSSR count). The molecule has 0 aliphatic rings. The van der Waals surface area contributed by atoms with Crippen LogP contribution in [0.2, 0.25) is 0 Å². The molecule has 5 nitrogen and oxygen atoms in total. The summed E-state index contributed by atoms with van der Waals surface area (Å²) < 4.78 is 5.05. The average molecular weight is 298 g/mol. The SMILES string of the molecule is Cc1nn(C)c(Cn2c(CN)cnc2C)c1Br. The second kappa shape index (κ2) is 4.62. The quantitative estimate of drug-likeness (QED) is 0.934. The van der Waals surface area contributed by atoms with E-state index in [0.29, 0.717) is 6.54 Å². The minimum Gasteiger partial charge on any atom is -0.325 e. The standard InChI is InChI=1S/C11H16BrN5/c1-7-11(12)10(16(3)15-7)6-17-8(2)14-5-9(17)4-13/h5H,4,6,13H2,1-3H3. The van der Waals surface area contributed by atoms with Gasteiger partial charge in [-0.05, 0) is 29.8 Å². The van der Waals surface area contributed by atoms with E-state index in [1.165, 1.54) is 0 Å². The van der Waals surface area contributed by atoms with Gasteiger partial charge in [-0.25, -0.2) is 4.98 Å². The summed E-state index contributed by atoms with van der Waals surface area (Å²) in [5.74, 6) is 0.969. The van der Waals surface area contributed by atoms with Gasteiger partial charge in [0.1, 0.15) is 5.82 Å². The van der Waals surface area contributed by atoms with Gasteiger partial charge in [0.15, 0.2) is 0 Å². The highest BCUT2D eigenvalue weighted by atomic mass is 79.9. The van der Waals surface area contributed by atoms with Crippen molar-refractivity contribution in [1.82, 2.24) is 19.3 Å². The highest BCUT2D eigenvalue weighted by Crippen LogP contribution is 2.22. The number of aromatic nitrogens is 4. The molecule has 0 spiro atoms. The van der Waals surface area contributed by atoms with Crippen LogP contribution in [0.15, 0.2) is 10.7 Å². The van der Waals surface area contributed by atoms with Crippen molar-refractivity contribution in [3.8, 4) is 0 Å². The zero-order valence-electron chi connectivity index (χ0n) is 10.2. The van der Waals surface area contributed by atoms with E-state index >= 15 is 0 Å². The van der Waals surface area contributed by atoms with Crippen LogP contribution in [0.1, 0.15) is 22.9 Å². The predicted molar refractivity (Wildman–Crippen MR) is 69.6 cm³/mol.